The fraction of sp³-hybridized carbons (Fsp3) is 0.227. The molecule has 1 fully saturated rings. The van der Waals surface area contributed by atoms with Crippen molar-refractivity contribution in [2.45, 2.75) is 19.1 Å². The summed E-state index contributed by atoms with van der Waals surface area (Å²) in [6, 6.07) is 14.4. The number of benzene rings is 2. The minimum Gasteiger partial charge on any atom is -0.383 e. The van der Waals surface area contributed by atoms with Gasteiger partial charge < -0.3 is 25.8 Å². The third-order valence-corrected chi connectivity index (χ3v) is 5.09. The number of nitrogen functional groups attached to an aromatic ring is 1. The lowest BCUT2D eigenvalue weighted by Gasteiger charge is -2.34. The number of anilines is 3. The predicted octanol–water partition coefficient (Wildman–Crippen LogP) is 1.86. The quantitative estimate of drug-likeness (QED) is 0.609. The summed E-state index contributed by atoms with van der Waals surface area (Å²) < 4.78 is 5.45. The zero-order chi connectivity index (χ0) is 21.3. The zero-order valence-corrected chi connectivity index (χ0v) is 16.4. The first-order valence-electron chi connectivity index (χ1n) is 9.57. The van der Waals surface area contributed by atoms with E-state index in [0.717, 1.165) is 16.3 Å². The van der Waals surface area contributed by atoms with E-state index in [1.165, 1.54) is 4.90 Å². The number of hydrogen-bond acceptors (Lipinski definition) is 6. The number of nitrogens with zero attached hydrogens (tertiary/aromatic N) is 2. The van der Waals surface area contributed by atoms with Gasteiger partial charge in [0.15, 0.2) is 12.2 Å². The summed E-state index contributed by atoms with van der Waals surface area (Å²) in [6.07, 6.45) is -1.35. The fourth-order valence-corrected chi connectivity index (χ4v) is 3.45. The van der Waals surface area contributed by atoms with Crippen molar-refractivity contribution in [3.63, 3.8) is 0 Å². The van der Waals surface area contributed by atoms with E-state index < -0.39 is 24.0 Å². The summed E-state index contributed by atoms with van der Waals surface area (Å²) in [6.45, 7) is 2.53. The van der Waals surface area contributed by atoms with Crippen LogP contribution in [0.1, 0.15) is 5.56 Å². The second-order valence-electron chi connectivity index (χ2n) is 7.18. The predicted molar refractivity (Wildman–Crippen MR) is 114 cm³/mol. The number of aliphatic hydroxyl groups is 1. The van der Waals surface area contributed by atoms with Crippen LogP contribution in [-0.4, -0.2) is 47.3 Å². The maximum absolute atomic E-state index is 12.9. The molecule has 8 heteroatoms. The molecule has 2 amide bonds. The van der Waals surface area contributed by atoms with Gasteiger partial charge in [0.05, 0.1) is 6.61 Å². The highest BCUT2D eigenvalue weighted by Gasteiger charge is 2.39. The van der Waals surface area contributed by atoms with E-state index in [2.05, 4.69) is 10.3 Å². The topological polar surface area (TPSA) is 118 Å². The van der Waals surface area contributed by atoms with E-state index in [-0.39, 0.29) is 6.61 Å². The molecule has 1 unspecified atom stereocenters. The number of pyridine rings is 1. The molecule has 1 aliphatic rings. The average molecular weight is 406 g/mol. The Hall–Kier alpha value is -3.49. The maximum atomic E-state index is 12.9. The number of nitrogens with one attached hydrogen (secondary N) is 1. The van der Waals surface area contributed by atoms with Gasteiger partial charge in [0.2, 0.25) is 0 Å². The van der Waals surface area contributed by atoms with Crippen LogP contribution in [0.25, 0.3) is 10.8 Å². The molecule has 30 heavy (non-hydrogen) atoms. The van der Waals surface area contributed by atoms with Crippen LogP contribution >= 0.6 is 0 Å². The maximum Gasteiger partial charge on any atom is 0.259 e. The largest absolute Gasteiger partial charge is 0.383 e. The van der Waals surface area contributed by atoms with Crippen LogP contribution in [0.15, 0.2) is 54.7 Å². The van der Waals surface area contributed by atoms with Crippen LogP contribution < -0.4 is 16.0 Å². The van der Waals surface area contributed by atoms with Gasteiger partial charge >= 0.3 is 0 Å². The summed E-state index contributed by atoms with van der Waals surface area (Å²) in [5.41, 5.74) is 8.08. The molecule has 4 rings (SSSR count). The highest BCUT2D eigenvalue weighted by Crippen LogP contribution is 2.24. The summed E-state index contributed by atoms with van der Waals surface area (Å²) in [4.78, 5) is 31.0. The molecular formula is C22H22N4O4. The molecule has 4 N–H and O–H groups in total. The van der Waals surface area contributed by atoms with Gasteiger partial charge in [0, 0.05) is 29.5 Å². The van der Waals surface area contributed by atoms with E-state index in [0.29, 0.717) is 23.7 Å². The normalized spacial score (nSPS) is 17.7. The fourth-order valence-electron chi connectivity index (χ4n) is 3.45. The molecule has 0 radical (unpaired) electrons. The van der Waals surface area contributed by atoms with E-state index in [1.807, 2.05) is 31.2 Å². The molecule has 1 saturated heterocycles. The van der Waals surface area contributed by atoms with Crippen molar-refractivity contribution in [3.8, 4) is 0 Å². The molecule has 154 valence electrons. The molecule has 0 aliphatic carbocycles. The van der Waals surface area contributed by atoms with Crippen molar-refractivity contribution in [1.29, 1.82) is 0 Å². The number of carbonyl (C=O) groups excluding carboxylic acids is 2. The number of amides is 2. The number of hydrogen-bond donors (Lipinski definition) is 3. The monoisotopic (exact) mass is 406 g/mol. The smallest absolute Gasteiger partial charge is 0.259 e. The van der Waals surface area contributed by atoms with Gasteiger partial charge in [0.25, 0.3) is 11.8 Å². The number of nitrogens with two attached hydrogens (primary N) is 1. The van der Waals surface area contributed by atoms with Crippen molar-refractivity contribution in [2.24, 2.45) is 0 Å². The summed E-state index contributed by atoms with van der Waals surface area (Å²) in [5, 5.41) is 14.7. The summed E-state index contributed by atoms with van der Waals surface area (Å²) >= 11 is 0. The van der Waals surface area contributed by atoms with Gasteiger partial charge in [-0.3, -0.25) is 9.59 Å². The molecule has 0 spiro atoms. The van der Waals surface area contributed by atoms with E-state index >= 15 is 0 Å². The van der Waals surface area contributed by atoms with Crippen molar-refractivity contribution in [3.05, 3.63) is 60.3 Å². The number of aliphatic hydroxyl groups excluding tert-OH is 1. The Morgan fingerprint density at radius 1 is 1.27 bits per heavy atom. The number of morpholine rings is 1. The van der Waals surface area contributed by atoms with Gasteiger partial charge in [-0.2, -0.15) is 0 Å². The zero-order valence-electron chi connectivity index (χ0n) is 16.4. The highest BCUT2D eigenvalue weighted by atomic mass is 16.5. The standard InChI is InChI=1S/C22H22N4O4/c1-13-2-5-16(6-3-13)26-10-11-30-19(22(26)29)18(27)21(28)25-15-4-7-17-14(12-15)8-9-24-20(17)23/h2-9,12,18-19,27H,10-11H2,1H3,(H2,23,24)(H,25,28)/t18?,19-/m1/s1. The van der Waals surface area contributed by atoms with Crippen LogP contribution in [0.2, 0.25) is 0 Å². The molecule has 2 aromatic carbocycles. The van der Waals surface area contributed by atoms with E-state index in [1.54, 1.807) is 30.5 Å². The molecule has 0 bridgehead atoms. The van der Waals surface area contributed by atoms with Gasteiger partial charge in [-0.1, -0.05) is 17.7 Å². The number of aromatic nitrogens is 1. The van der Waals surface area contributed by atoms with Crippen molar-refractivity contribution in [1.82, 2.24) is 4.98 Å². The number of carbonyl (C=O) groups is 2. The molecule has 1 aromatic heterocycles. The molecule has 3 aromatic rings. The lowest BCUT2D eigenvalue weighted by atomic mass is 10.1. The van der Waals surface area contributed by atoms with Crippen LogP contribution in [0.5, 0.6) is 0 Å². The van der Waals surface area contributed by atoms with Crippen LogP contribution in [0.4, 0.5) is 17.2 Å². The lowest BCUT2D eigenvalue weighted by molar-refractivity contribution is -0.150. The summed E-state index contributed by atoms with van der Waals surface area (Å²) in [5.74, 6) is -0.784. The molecule has 2 heterocycles. The number of rotatable bonds is 4. The SMILES string of the molecule is Cc1ccc(N2CCO[C@H](C(O)C(=O)Nc3ccc4c(N)nccc4c3)C2=O)cc1. The number of fused-ring (bicyclic) bond motifs is 1. The first-order valence-corrected chi connectivity index (χ1v) is 9.57. The highest BCUT2D eigenvalue weighted by molar-refractivity contribution is 6.04. The van der Waals surface area contributed by atoms with E-state index in [4.69, 9.17) is 10.5 Å². The molecule has 1 aliphatic heterocycles. The third-order valence-electron chi connectivity index (χ3n) is 5.09. The minimum absolute atomic E-state index is 0.219. The number of ether oxygens (including phenoxy) is 1. The van der Waals surface area contributed by atoms with Gasteiger partial charge in [-0.05, 0) is 48.7 Å². The van der Waals surface area contributed by atoms with Crippen LogP contribution in [-0.2, 0) is 14.3 Å². The Kier molecular flexibility index (Phi) is 5.35. The van der Waals surface area contributed by atoms with Gasteiger partial charge in [0.1, 0.15) is 5.82 Å². The molecule has 2 atom stereocenters. The Morgan fingerprint density at radius 2 is 2.03 bits per heavy atom. The lowest BCUT2D eigenvalue weighted by Crippen LogP contribution is -2.55. The average Bonchev–Trinajstić information content (AvgIpc) is 2.74. The minimum atomic E-state index is -1.65. The molecule has 0 saturated carbocycles. The van der Waals surface area contributed by atoms with Crippen molar-refractivity contribution < 1.29 is 19.4 Å². The van der Waals surface area contributed by atoms with Gasteiger partial charge in [-0.25, -0.2) is 4.98 Å². The Bertz CT molecular complexity index is 1100. The second-order valence-corrected chi connectivity index (χ2v) is 7.18. The Balaban J connectivity index is 1.49. The first-order chi connectivity index (χ1) is 14.4. The van der Waals surface area contributed by atoms with Crippen molar-refractivity contribution >= 4 is 39.8 Å². The first kappa shape index (κ1) is 19.8. The van der Waals surface area contributed by atoms with Gasteiger partial charge in [-0.15, -0.1) is 0 Å². The van der Waals surface area contributed by atoms with E-state index in [9.17, 15) is 14.7 Å². The third kappa shape index (κ3) is 3.83. The van der Waals surface area contributed by atoms with Crippen LogP contribution in [0.3, 0.4) is 0 Å². The molecular weight excluding hydrogens is 384 g/mol. The Labute approximate surface area is 173 Å². The number of aryl methyl sites for hydroxylation is 1. The summed E-state index contributed by atoms with van der Waals surface area (Å²) in [7, 11) is 0. The second kappa shape index (κ2) is 8.10. The van der Waals surface area contributed by atoms with Crippen molar-refractivity contribution in [2.75, 3.05) is 29.1 Å². The Morgan fingerprint density at radius 3 is 2.80 bits per heavy atom. The van der Waals surface area contributed by atoms with Crippen LogP contribution in [0, 0.1) is 6.92 Å². The molecule has 8 nitrogen and oxygen atoms in total.